The second-order valence-corrected chi connectivity index (χ2v) is 20.9. The highest BCUT2D eigenvalue weighted by molar-refractivity contribution is 5.19. The molecule has 0 amide bonds. The lowest BCUT2D eigenvalue weighted by atomic mass is 9.95. The summed E-state index contributed by atoms with van der Waals surface area (Å²) in [6.45, 7) is 3.83. The van der Waals surface area contributed by atoms with Crippen molar-refractivity contribution < 1.29 is 66.7 Å². The smallest absolute Gasteiger partial charge is 0.187 e. The van der Waals surface area contributed by atoms with Crippen molar-refractivity contribution in [2.45, 2.75) is 146 Å². The predicted octanol–water partition coefficient (Wildman–Crippen LogP) is 10.7. The van der Waals surface area contributed by atoms with E-state index in [-0.39, 0.29) is 46.1 Å². The molecule has 7 aromatic carbocycles. The zero-order valence-electron chi connectivity index (χ0n) is 46.6. The summed E-state index contributed by atoms with van der Waals surface area (Å²) < 4.78 is 88.2. The van der Waals surface area contributed by atoms with E-state index in [1.165, 1.54) is 0 Å². The van der Waals surface area contributed by atoms with Crippen LogP contribution in [0.1, 0.15) is 52.3 Å². The second-order valence-electron chi connectivity index (χ2n) is 20.9. The van der Waals surface area contributed by atoms with Crippen LogP contribution in [-0.4, -0.2) is 111 Å². The van der Waals surface area contributed by atoms with E-state index in [1.54, 1.807) is 7.11 Å². The average molecular weight is 1120 g/mol. The Labute approximate surface area is 482 Å². The third kappa shape index (κ3) is 16.8. The van der Waals surface area contributed by atoms with Crippen molar-refractivity contribution in [2.24, 2.45) is 0 Å². The monoisotopic (exact) mass is 1120 g/mol. The summed E-state index contributed by atoms with van der Waals surface area (Å²) in [6, 6.07) is 69.4. The Morgan fingerprint density at radius 2 is 0.720 bits per heavy atom. The largest absolute Gasteiger partial charge is 0.387 e. The minimum atomic E-state index is -1.37. The second kappa shape index (κ2) is 31.0. The van der Waals surface area contributed by atoms with Gasteiger partial charge in [0.25, 0.3) is 0 Å². The van der Waals surface area contributed by atoms with Gasteiger partial charge in [0, 0.05) is 13.5 Å². The molecule has 14 atom stereocenters. The molecule has 0 saturated carbocycles. The molecule has 14 heteroatoms. The molecule has 0 radical (unpaired) electrons. The van der Waals surface area contributed by atoms with Crippen molar-refractivity contribution in [3.05, 3.63) is 251 Å². The van der Waals surface area contributed by atoms with Gasteiger partial charge < -0.3 is 66.7 Å². The molecule has 3 fully saturated rings. The highest BCUT2D eigenvalue weighted by Gasteiger charge is 2.55. The minimum absolute atomic E-state index is 0.00577. The van der Waals surface area contributed by atoms with Crippen LogP contribution in [0.5, 0.6) is 0 Å². The molecule has 3 aliphatic rings. The number of hydrogen-bond acceptors (Lipinski definition) is 14. The maximum absolute atomic E-state index is 13.2. The zero-order valence-corrected chi connectivity index (χ0v) is 46.6. The number of aliphatic hydroxyl groups excluding tert-OH is 1. The van der Waals surface area contributed by atoms with Gasteiger partial charge in [-0.3, -0.25) is 0 Å². The number of aliphatic hydroxyl groups is 1. The summed E-state index contributed by atoms with van der Waals surface area (Å²) in [5, 5.41) is 13.2. The van der Waals surface area contributed by atoms with Gasteiger partial charge in [0.05, 0.1) is 71.7 Å². The number of methoxy groups -OCH3 is 1. The van der Waals surface area contributed by atoms with Gasteiger partial charge in [-0.05, 0) is 45.9 Å². The highest BCUT2D eigenvalue weighted by atomic mass is 16.8. The van der Waals surface area contributed by atoms with Crippen molar-refractivity contribution in [1.82, 2.24) is 0 Å². The molecule has 0 aliphatic carbocycles. The van der Waals surface area contributed by atoms with E-state index in [9.17, 15) is 5.11 Å². The van der Waals surface area contributed by atoms with E-state index in [1.807, 2.05) is 219 Å². The van der Waals surface area contributed by atoms with Crippen LogP contribution in [0.2, 0.25) is 0 Å². The molecule has 432 valence electrons. The Kier molecular flexibility index (Phi) is 22.4. The number of rotatable bonds is 28. The van der Waals surface area contributed by atoms with Crippen LogP contribution in [0.15, 0.2) is 212 Å². The van der Waals surface area contributed by atoms with Crippen LogP contribution in [0.4, 0.5) is 0 Å². The first-order chi connectivity index (χ1) is 40.4. The standard InChI is InChI=1S/C68H76O14/c1-48-61(74-42-52-30-16-6-17-31-52)56(73-41-51-28-14-5-15-29-51)38-59(78-48)81-62-57(46-71-39-49-24-10-3-11-25-49)80-68(64(60(62)69)75-43-53-32-18-7-19-33-53)82-63-58(47-72-40-50-26-12-4-13-27-50)79-67(70-2)66(77-45-55-36-22-9-23-37-55)65(63)76-44-54-34-20-8-21-35-54/h3-37,48,56-69H,38-47H2,1-2H3/t48-,56-,57+,58+,59+,60-,61+,62-,63+,64+,65-,66+,67-,68-/m0/s1. The van der Waals surface area contributed by atoms with Crippen LogP contribution in [0, 0.1) is 0 Å². The summed E-state index contributed by atoms with van der Waals surface area (Å²) in [5.41, 5.74) is 6.75. The Balaban J connectivity index is 0.977. The van der Waals surface area contributed by atoms with Crippen LogP contribution in [-0.2, 0) is 108 Å². The first kappa shape index (κ1) is 59.2. The quantitative estimate of drug-likeness (QED) is 0.0497. The molecule has 3 heterocycles. The average Bonchev–Trinajstić information content (AvgIpc) is 3.24. The zero-order chi connectivity index (χ0) is 56.1. The van der Waals surface area contributed by atoms with Crippen molar-refractivity contribution in [1.29, 1.82) is 0 Å². The molecular weight excluding hydrogens is 1040 g/mol. The van der Waals surface area contributed by atoms with Crippen molar-refractivity contribution in [3.8, 4) is 0 Å². The van der Waals surface area contributed by atoms with E-state index in [4.69, 9.17) is 61.6 Å². The fraction of sp³-hybridized carbons (Fsp3) is 0.382. The Bertz CT molecular complexity index is 2840. The molecule has 0 spiro atoms. The number of ether oxygens (including phenoxy) is 13. The molecule has 3 saturated heterocycles. The third-order valence-corrected chi connectivity index (χ3v) is 14.9. The molecule has 14 nitrogen and oxygen atoms in total. The summed E-state index contributed by atoms with van der Waals surface area (Å²) in [5.74, 6) is 0. The predicted molar refractivity (Wildman–Crippen MR) is 306 cm³/mol. The molecule has 0 aromatic heterocycles. The summed E-state index contributed by atoms with van der Waals surface area (Å²) >= 11 is 0. The molecule has 7 aromatic rings. The molecule has 82 heavy (non-hydrogen) atoms. The first-order valence-electron chi connectivity index (χ1n) is 28.4. The van der Waals surface area contributed by atoms with Crippen LogP contribution >= 0.6 is 0 Å². The number of hydrogen-bond donors (Lipinski definition) is 1. The van der Waals surface area contributed by atoms with Crippen LogP contribution in [0.3, 0.4) is 0 Å². The lowest BCUT2D eigenvalue weighted by Crippen LogP contribution is -2.66. The number of benzene rings is 7. The Morgan fingerprint density at radius 3 is 1.15 bits per heavy atom. The summed E-state index contributed by atoms with van der Waals surface area (Å²) in [6.07, 6.45) is -12.2. The van der Waals surface area contributed by atoms with Gasteiger partial charge in [-0.2, -0.15) is 0 Å². The molecule has 0 bridgehead atoms. The van der Waals surface area contributed by atoms with E-state index < -0.39 is 86.0 Å². The Morgan fingerprint density at radius 1 is 0.366 bits per heavy atom. The lowest BCUT2D eigenvalue weighted by molar-refractivity contribution is -0.382. The lowest BCUT2D eigenvalue weighted by Gasteiger charge is -2.50. The normalized spacial score (nSPS) is 27.5. The SMILES string of the molecule is CO[C@H]1O[C@H](COCc2ccccc2)[C@@H](O[C@@H]2O[C@H](COCc3ccccc3)[C@H](O[C@@H]3C[C@H](OCc4ccccc4)[C@H](OCc4ccccc4)[C@H](C)O3)[C@H](O)[C@H]2OCc2ccccc2)[C@H](OCc2ccccc2)[C@H]1OCc1ccccc1. The van der Waals surface area contributed by atoms with E-state index in [2.05, 4.69) is 0 Å². The molecule has 1 N–H and O–H groups in total. The minimum Gasteiger partial charge on any atom is -0.387 e. The highest BCUT2D eigenvalue weighted by Crippen LogP contribution is 2.37. The van der Waals surface area contributed by atoms with Gasteiger partial charge in [-0.25, -0.2) is 0 Å². The first-order valence-corrected chi connectivity index (χ1v) is 28.4. The van der Waals surface area contributed by atoms with Crippen molar-refractivity contribution in [3.63, 3.8) is 0 Å². The fourth-order valence-corrected chi connectivity index (χ4v) is 10.6. The van der Waals surface area contributed by atoms with Crippen LogP contribution < -0.4 is 0 Å². The van der Waals surface area contributed by atoms with Crippen molar-refractivity contribution in [2.75, 3.05) is 20.3 Å². The van der Waals surface area contributed by atoms with Gasteiger partial charge in [0.15, 0.2) is 18.9 Å². The summed E-state index contributed by atoms with van der Waals surface area (Å²) in [4.78, 5) is 0. The van der Waals surface area contributed by atoms with Gasteiger partial charge >= 0.3 is 0 Å². The van der Waals surface area contributed by atoms with E-state index in [0.29, 0.717) is 19.8 Å². The van der Waals surface area contributed by atoms with Gasteiger partial charge in [-0.1, -0.05) is 212 Å². The van der Waals surface area contributed by atoms with Crippen molar-refractivity contribution >= 4 is 0 Å². The Hall–Kier alpha value is -6.02. The topological polar surface area (TPSA) is 140 Å². The third-order valence-electron chi connectivity index (χ3n) is 14.9. The maximum atomic E-state index is 13.2. The maximum Gasteiger partial charge on any atom is 0.187 e. The molecule has 10 rings (SSSR count). The fourth-order valence-electron chi connectivity index (χ4n) is 10.6. The van der Waals surface area contributed by atoms with Gasteiger partial charge in [0.1, 0.15) is 54.9 Å². The van der Waals surface area contributed by atoms with Gasteiger partial charge in [0.2, 0.25) is 0 Å². The van der Waals surface area contributed by atoms with E-state index in [0.717, 1.165) is 38.9 Å². The summed E-state index contributed by atoms with van der Waals surface area (Å²) in [7, 11) is 1.58. The molecule has 0 unspecified atom stereocenters. The van der Waals surface area contributed by atoms with Crippen LogP contribution in [0.25, 0.3) is 0 Å². The van der Waals surface area contributed by atoms with E-state index >= 15 is 0 Å². The molecule has 3 aliphatic heterocycles. The van der Waals surface area contributed by atoms with Gasteiger partial charge in [-0.15, -0.1) is 0 Å². The molecular formula is C68H76O14.